The summed E-state index contributed by atoms with van der Waals surface area (Å²) in [4.78, 5) is 23.2. The average Bonchev–Trinajstić information content (AvgIpc) is 3.18. The Hall–Kier alpha value is -2.67. The molecule has 1 fully saturated rings. The Morgan fingerprint density at radius 3 is 2.54 bits per heavy atom. The van der Waals surface area contributed by atoms with Crippen molar-refractivity contribution in [3.63, 3.8) is 0 Å². The number of rotatable bonds is 5. The van der Waals surface area contributed by atoms with E-state index >= 15 is 0 Å². The molecule has 3 rings (SSSR count). The molecule has 1 aliphatic rings. The second-order valence-electron chi connectivity index (χ2n) is 6.16. The van der Waals surface area contributed by atoms with Gasteiger partial charge in [-0.2, -0.15) is 5.10 Å². The Bertz CT molecular complexity index is 738. The van der Waals surface area contributed by atoms with Gasteiger partial charge in [0.25, 0.3) is 5.91 Å². The van der Waals surface area contributed by atoms with Crippen LogP contribution in [0.4, 0.5) is 5.69 Å². The predicted molar refractivity (Wildman–Crippen MR) is 90.6 cm³/mol. The van der Waals surface area contributed by atoms with E-state index in [9.17, 15) is 9.59 Å². The first-order valence-electron chi connectivity index (χ1n) is 8.04. The molecule has 1 heterocycles. The van der Waals surface area contributed by atoms with Crippen LogP contribution in [0, 0.1) is 5.92 Å². The van der Waals surface area contributed by atoms with Gasteiger partial charge < -0.3 is 16.8 Å². The van der Waals surface area contributed by atoms with E-state index in [1.807, 2.05) is 12.1 Å². The number of benzene rings is 1. The van der Waals surface area contributed by atoms with Gasteiger partial charge in [0, 0.05) is 24.3 Å². The second kappa shape index (κ2) is 6.84. The molecule has 2 aromatic rings. The summed E-state index contributed by atoms with van der Waals surface area (Å²) in [5.74, 6) is -0.302. The van der Waals surface area contributed by atoms with Crippen LogP contribution in [0.15, 0.2) is 36.5 Å². The molecule has 0 radical (unpaired) electrons. The number of nitrogens with one attached hydrogen (secondary N) is 1. The summed E-state index contributed by atoms with van der Waals surface area (Å²) in [6.45, 7) is 0. The van der Waals surface area contributed by atoms with Crippen LogP contribution >= 0.6 is 0 Å². The molecule has 7 heteroatoms. The number of hydrogen-bond acceptors (Lipinski definition) is 4. The zero-order valence-electron chi connectivity index (χ0n) is 13.3. The Labute approximate surface area is 140 Å². The van der Waals surface area contributed by atoms with E-state index in [1.165, 1.54) is 0 Å². The smallest absolute Gasteiger partial charge is 0.269 e. The lowest BCUT2D eigenvalue weighted by atomic mass is 10.00. The van der Waals surface area contributed by atoms with Gasteiger partial charge in [-0.05, 0) is 49.1 Å². The Morgan fingerprint density at radius 1 is 1.21 bits per heavy atom. The SMILES string of the molecule is NC(=O)c1ccn(-c2ccc(NC(=O)C[C@@H]3CCC[C@H]3N)cc2)n1. The van der Waals surface area contributed by atoms with Gasteiger partial charge in [-0.25, -0.2) is 4.68 Å². The third kappa shape index (κ3) is 3.62. The van der Waals surface area contributed by atoms with E-state index in [0.717, 1.165) is 30.6 Å². The second-order valence-corrected chi connectivity index (χ2v) is 6.16. The molecule has 2 amide bonds. The zero-order valence-corrected chi connectivity index (χ0v) is 13.3. The van der Waals surface area contributed by atoms with Crippen molar-refractivity contribution in [1.82, 2.24) is 9.78 Å². The quantitative estimate of drug-likeness (QED) is 0.770. The number of aromatic nitrogens is 2. The molecule has 24 heavy (non-hydrogen) atoms. The standard InChI is InChI=1S/C17H21N5O2/c18-14-3-1-2-11(14)10-16(23)20-12-4-6-13(7-5-12)22-9-8-15(21-22)17(19)24/h4-9,11,14H,1-3,10,18H2,(H2,19,24)(H,20,23)/t11-,14+/m0/s1. The Kier molecular flexibility index (Phi) is 4.61. The fourth-order valence-corrected chi connectivity index (χ4v) is 3.07. The third-order valence-electron chi connectivity index (χ3n) is 4.42. The van der Waals surface area contributed by atoms with Gasteiger partial charge in [0.1, 0.15) is 5.69 Å². The predicted octanol–water partition coefficient (Wildman–Crippen LogP) is 1.43. The lowest BCUT2D eigenvalue weighted by Crippen LogP contribution is -2.28. The number of amides is 2. The number of anilines is 1. The van der Waals surface area contributed by atoms with Gasteiger partial charge in [0.05, 0.1) is 5.69 Å². The number of nitrogens with two attached hydrogens (primary N) is 2. The van der Waals surface area contributed by atoms with Crippen molar-refractivity contribution in [1.29, 1.82) is 0 Å². The van der Waals surface area contributed by atoms with Gasteiger partial charge >= 0.3 is 0 Å². The molecule has 0 saturated heterocycles. The number of nitrogens with zero attached hydrogens (tertiary/aromatic N) is 2. The first-order chi connectivity index (χ1) is 11.5. The number of hydrogen-bond donors (Lipinski definition) is 3. The van der Waals surface area contributed by atoms with Crippen molar-refractivity contribution in [2.45, 2.75) is 31.7 Å². The summed E-state index contributed by atoms with van der Waals surface area (Å²) in [6, 6.07) is 8.92. The maximum Gasteiger partial charge on any atom is 0.269 e. The highest BCUT2D eigenvalue weighted by atomic mass is 16.2. The summed E-state index contributed by atoms with van der Waals surface area (Å²) in [5.41, 5.74) is 12.9. The van der Waals surface area contributed by atoms with Crippen LogP contribution in [0.2, 0.25) is 0 Å². The Balaban J connectivity index is 1.61. The van der Waals surface area contributed by atoms with Gasteiger partial charge in [-0.15, -0.1) is 0 Å². The molecule has 0 aliphatic heterocycles. The van der Waals surface area contributed by atoms with E-state index < -0.39 is 5.91 Å². The lowest BCUT2D eigenvalue weighted by Gasteiger charge is -2.14. The van der Waals surface area contributed by atoms with Crippen LogP contribution in [0.25, 0.3) is 5.69 Å². The summed E-state index contributed by atoms with van der Waals surface area (Å²) in [7, 11) is 0. The van der Waals surface area contributed by atoms with E-state index in [2.05, 4.69) is 10.4 Å². The van der Waals surface area contributed by atoms with Crippen LogP contribution in [-0.2, 0) is 4.79 Å². The van der Waals surface area contributed by atoms with Gasteiger partial charge in [-0.3, -0.25) is 9.59 Å². The minimum absolute atomic E-state index is 0.0137. The zero-order chi connectivity index (χ0) is 17.1. The maximum absolute atomic E-state index is 12.1. The maximum atomic E-state index is 12.1. The minimum atomic E-state index is -0.567. The molecule has 5 N–H and O–H groups in total. The van der Waals surface area contributed by atoms with Crippen molar-refractivity contribution in [3.05, 3.63) is 42.2 Å². The molecule has 0 bridgehead atoms. The highest BCUT2D eigenvalue weighted by Crippen LogP contribution is 2.27. The molecule has 2 atom stereocenters. The number of carbonyl (C=O) groups excluding carboxylic acids is 2. The molecule has 1 aromatic heterocycles. The highest BCUT2D eigenvalue weighted by Gasteiger charge is 2.25. The van der Waals surface area contributed by atoms with Crippen molar-refractivity contribution < 1.29 is 9.59 Å². The lowest BCUT2D eigenvalue weighted by molar-refractivity contribution is -0.117. The summed E-state index contributed by atoms with van der Waals surface area (Å²) >= 11 is 0. The van der Waals surface area contributed by atoms with Crippen LogP contribution in [-0.4, -0.2) is 27.6 Å². The fraction of sp³-hybridized carbons (Fsp3) is 0.353. The molecule has 126 valence electrons. The highest BCUT2D eigenvalue weighted by molar-refractivity contribution is 5.91. The van der Waals surface area contributed by atoms with Crippen LogP contribution in [0.1, 0.15) is 36.2 Å². The largest absolute Gasteiger partial charge is 0.364 e. The van der Waals surface area contributed by atoms with E-state index in [0.29, 0.717) is 6.42 Å². The van der Waals surface area contributed by atoms with Gasteiger partial charge in [0.15, 0.2) is 0 Å². The van der Waals surface area contributed by atoms with Gasteiger partial charge in [-0.1, -0.05) is 6.42 Å². The van der Waals surface area contributed by atoms with E-state index in [1.54, 1.807) is 29.1 Å². The van der Waals surface area contributed by atoms with Crippen molar-refractivity contribution in [3.8, 4) is 5.69 Å². The molecule has 0 unspecified atom stereocenters. The van der Waals surface area contributed by atoms with E-state index in [4.69, 9.17) is 11.5 Å². The molecular formula is C17H21N5O2. The normalized spacial score (nSPS) is 20.0. The molecule has 7 nitrogen and oxygen atoms in total. The average molecular weight is 327 g/mol. The first kappa shape index (κ1) is 16.2. The van der Waals surface area contributed by atoms with Crippen molar-refractivity contribution in [2.75, 3.05) is 5.32 Å². The molecular weight excluding hydrogens is 306 g/mol. The number of primary amides is 1. The molecule has 1 aromatic carbocycles. The third-order valence-corrected chi connectivity index (χ3v) is 4.42. The Morgan fingerprint density at radius 2 is 1.96 bits per heavy atom. The van der Waals surface area contributed by atoms with Crippen molar-refractivity contribution in [2.24, 2.45) is 17.4 Å². The van der Waals surface area contributed by atoms with Gasteiger partial charge in [0.2, 0.25) is 5.91 Å². The van der Waals surface area contributed by atoms with Crippen LogP contribution in [0.5, 0.6) is 0 Å². The summed E-state index contributed by atoms with van der Waals surface area (Å²) in [6.07, 6.45) is 5.25. The van der Waals surface area contributed by atoms with E-state index in [-0.39, 0.29) is 23.6 Å². The fourth-order valence-electron chi connectivity index (χ4n) is 3.07. The van der Waals surface area contributed by atoms with Crippen LogP contribution < -0.4 is 16.8 Å². The molecule has 1 saturated carbocycles. The monoisotopic (exact) mass is 327 g/mol. The minimum Gasteiger partial charge on any atom is -0.364 e. The number of carbonyl (C=O) groups is 2. The van der Waals surface area contributed by atoms with Crippen molar-refractivity contribution >= 4 is 17.5 Å². The first-order valence-corrected chi connectivity index (χ1v) is 8.04. The summed E-state index contributed by atoms with van der Waals surface area (Å²) in [5, 5.41) is 6.98. The topological polar surface area (TPSA) is 116 Å². The van der Waals surface area contributed by atoms with Crippen LogP contribution in [0.3, 0.4) is 0 Å². The molecule has 1 aliphatic carbocycles. The summed E-state index contributed by atoms with van der Waals surface area (Å²) < 4.78 is 1.56. The molecule has 0 spiro atoms.